The minimum absolute atomic E-state index is 0.00733. The fourth-order valence-electron chi connectivity index (χ4n) is 3.95. The van der Waals surface area contributed by atoms with E-state index in [-0.39, 0.29) is 53.9 Å². The van der Waals surface area contributed by atoms with Gasteiger partial charge in [-0.2, -0.15) is 4.98 Å². The molecular formula is C33H53N9O6. The Labute approximate surface area is 282 Å². The first-order valence-electron chi connectivity index (χ1n) is 16.6. The number of aliphatic carboxylic acids is 1. The second-order valence-electron chi connectivity index (χ2n) is 9.43. The lowest BCUT2D eigenvalue weighted by molar-refractivity contribution is -0.139. The van der Waals surface area contributed by atoms with E-state index < -0.39 is 23.5 Å². The van der Waals surface area contributed by atoms with Gasteiger partial charge in [0.05, 0.1) is 18.4 Å². The van der Waals surface area contributed by atoms with Gasteiger partial charge >= 0.3 is 5.97 Å². The Morgan fingerprint density at radius 3 is 2.17 bits per heavy atom. The molecule has 3 amide bonds. The zero-order valence-electron chi connectivity index (χ0n) is 29.2. The van der Waals surface area contributed by atoms with Gasteiger partial charge in [-0.3, -0.25) is 24.2 Å². The number of anilines is 2. The summed E-state index contributed by atoms with van der Waals surface area (Å²) in [5.74, 6) is -2.19. The number of carbonyl (C=O) groups excluding carboxylic acids is 3. The number of nitrogens with one attached hydrogen (secondary N) is 5. The highest BCUT2D eigenvalue weighted by Crippen LogP contribution is 2.12. The zero-order chi connectivity index (χ0) is 36.5. The molecule has 1 aromatic carbocycles. The van der Waals surface area contributed by atoms with Gasteiger partial charge < -0.3 is 32.1 Å². The summed E-state index contributed by atoms with van der Waals surface area (Å²) in [5, 5.41) is 20.5. The molecule has 0 saturated carbocycles. The van der Waals surface area contributed by atoms with Crippen molar-refractivity contribution in [3.63, 3.8) is 0 Å². The Hall–Kier alpha value is -5.08. The number of rotatable bonds is 16. The lowest BCUT2D eigenvalue weighted by Gasteiger charge is -2.15. The molecular weight excluding hydrogens is 618 g/mol. The fraction of sp³-hybridized carbons (Fsp3) is 0.515. The van der Waals surface area contributed by atoms with Crippen molar-refractivity contribution in [1.82, 2.24) is 35.9 Å². The van der Waals surface area contributed by atoms with Gasteiger partial charge in [0.15, 0.2) is 11.2 Å². The molecule has 0 radical (unpaired) electrons. The van der Waals surface area contributed by atoms with Gasteiger partial charge in [-0.25, -0.2) is 14.8 Å². The SMILES string of the molecule is CC.CC.CC.CCNC(=O)CCCCCNC(=O)CCC(NC(=O)c1ccc(NCc2cnc3nc(N)[nH]c(=O)c3n2)cc1)C(=O)O. The summed E-state index contributed by atoms with van der Waals surface area (Å²) in [6.07, 6.45) is 3.99. The van der Waals surface area contributed by atoms with Crippen LogP contribution >= 0.6 is 0 Å². The fourth-order valence-corrected chi connectivity index (χ4v) is 3.95. The van der Waals surface area contributed by atoms with Crippen LogP contribution in [0.3, 0.4) is 0 Å². The third-order valence-electron chi connectivity index (χ3n) is 6.15. The smallest absolute Gasteiger partial charge is 0.326 e. The Morgan fingerprint density at radius 1 is 0.896 bits per heavy atom. The van der Waals surface area contributed by atoms with Crippen LogP contribution in [0.2, 0.25) is 0 Å². The number of hydrogen-bond donors (Lipinski definition) is 7. The zero-order valence-corrected chi connectivity index (χ0v) is 29.2. The van der Waals surface area contributed by atoms with Crippen molar-refractivity contribution in [2.24, 2.45) is 0 Å². The quantitative estimate of drug-likeness (QED) is 0.108. The molecule has 0 saturated heterocycles. The molecule has 8 N–H and O–H groups in total. The van der Waals surface area contributed by atoms with Crippen molar-refractivity contribution in [3.05, 3.63) is 52.1 Å². The number of nitrogens with two attached hydrogens (primary N) is 1. The summed E-state index contributed by atoms with van der Waals surface area (Å²) in [5.41, 5.74) is 6.58. The number of fused-ring (bicyclic) bond motifs is 1. The van der Waals surface area contributed by atoms with Crippen LogP contribution in [0.4, 0.5) is 11.6 Å². The normalized spacial score (nSPS) is 10.4. The van der Waals surface area contributed by atoms with Crippen LogP contribution in [0.25, 0.3) is 11.2 Å². The molecule has 2 heterocycles. The van der Waals surface area contributed by atoms with Crippen molar-refractivity contribution in [2.75, 3.05) is 24.1 Å². The summed E-state index contributed by atoms with van der Waals surface area (Å²) in [4.78, 5) is 74.5. The third kappa shape index (κ3) is 16.0. The monoisotopic (exact) mass is 671 g/mol. The number of carboxylic acid groups (broad SMARTS) is 1. The molecule has 0 fully saturated rings. The van der Waals surface area contributed by atoms with Gasteiger partial charge in [0.1, 0.15) is 6.04 Å². The average Bonchev–Trinajstić information content (AvgIpc) is 3.10. The highest BCUT2D eigenvalue weighted by atomic mass is 16.4. The van der Waals surface area contributed by atoms with Gasteiger partial charge in [-0.05, 0) is 50.5 Å². The highest BCUT2D eigenvalue weighted by molar-refractivity contribution is 5.97. The summed E-state index contributed by atoms with van der Waals surface area (Å²) in [7, 11) is 0. The molecule has 3 rings (SSSR count). The van der Waals surface area contributed by atoms with E-state index in [0.29, 0.717) is 37.3 Å². The average molecular weight is 672 g/mol. The Morgan fingerprint density at radius 2 is 1.54 bits per heavy atom. The van der Waals surface area contributed by atoms with E-state index in [0.717, 1.165) is 12.8 Å². The van der Waals surface area contributed by atoms with E-state index in [1.807, 2.05) is 48.5 Å². The number of nitrogens with zero attached hydrogens (tertiary/aromatic N) is 3. The van der Waals surface area contributed by atoms with Crippen LogP contribution in [0.1, 0.15) is 103 Å². The number of H-pyrrole nitrogens is 1. The van der Waals surface area contributed by atoms with Crippen LogP contribution in [0.5, 0.6) is 0 Å². The van der Waals surface area contributed by atoms with Gasteiger partial charge in [0.2, 0.25) is 17.8 Å². The predicted molar refractivity (Wildman–Crippen MR) is 188 cm³/mol. The molecule has 0 bridgehead atoms. The number of carboxylic acids is 1. The number of amides is 3. The van der Waals surface area contributed by atoms with E-state index in [1.165, 1.54) is 18.3 Å². The predicted octanol–water partition coefficient (Wildman–Crippen LogP) is 3.76. The summed E-state index contributed by atoms with van der Waals surface area (Å²) in [6.45, 7) is 15.1. The standard InChI is InChI=1S/C27H35N9O6.3C2H6/c1-2-29-20(37)6-4-3-5-13-30-21(38)12-11-19(26(41)42)34-24(39)16-7-9-17(10-8-16)31-14-18-15-32-23-22(33-18)25(40)36-27(28)35-23;3*1-2/h7-10,15,19,31H,2-6,11-14H2,1H3,(H,29,37)(H,30,38)(H,34,39)(H,41,42)(H3,28,32,35,36,40);3*1-2H3. The molecule has 0 aliphatic heterocycles. The lowest BCUT2D eigenvalue weighted by atomic mass is 10.1. The number of benzene rings is 1. The molecule has 0 aliphatic rings. The maximum atomic E-state index is 12.6. The van der Waals surface area contributed by atoms with E-state index in [9.17, 15) is 29.1 Å². The molecule has 1 unspecified atom stereocenters. The van der Waals surface area contributed by atoms with Crippen LogP contribution in [-0.2, 0) is 20.9 Å². The number of aromatic amines is 1. The van der Waals surface area contributed by atoms with E-state index >= 15 is 0 Å². The van der Waals surface area contributed by atoms with Gasteiger partial charge in [0, 0.05) is 37.2 Å². The first-order valence-corrected chi connectivity index (χ1v) is 16.6. The third-order valence-corrected chi connectivity index (χ3v) is 6.15. The molecule has 48 heavy (non-hydrogen) atoms. The topological polar surface area (TPSA) is 234 Å². The summed E-state index contributed by atoms with van der Waals surface area (Å²) in [6, 6.07) is 5.09. The second-order valence-corrected chi connectivity index (χ2v) is 9.43. The Balaban J connectivity index is 0.00000348. The van der Waals surface area contributed by atoms with Crippen molar-refractivity contribution >= 4 is 46.5 Å². The maximum Gasteiger partial charge on any atom is 0.326 e. The van der Waals surface area contributed by atoms with Crippen molar-refractivity contribution in [1.29, 1.82) is 0 Å². The van der Waals surface area contributed by atoms with Crippen LogP contribution in [0, 0.1) is 0 Å². The largest absolute Gasteiger partial charge is 0.480 e. The molecule has 0 aliphatic carbocycles. The second kappa shape index (κ2) is 25.1. The maximum absolute atomic E-state index is 12.6. The minimum Gasteiger partial charge on any atom is -0.480 e. The molecule has 0 spiro atoms. The van der Waals surface area contributed by atoms with Gasteiger partial charge in [0.25, 0.3) is 11.5 Å². The summed E-state index contributed by atoms with van der Waals surface area (Å²) >= 11 is 0. The van der Waals surface area contributed by atoms with Gasteiger partial charge in [-0.15, -0.1) is 0 Å². The Bertz CT molecular complexity index is 1460. The molecule has 2 aromatic heterocycles. The molecule has 266 valence electrons. The summed E-state index contributed by atoms with van der Waals surface area (Å²) < 4.78 is 0. The first kappa shape index (κ1) is 42.9. The number of nitrogen functional groups attached to an aromatic ring is 1. The van der Waals surface area contributed by atoms with E-state index in [2.05, 4.69) is 41.2 Å². The van der Waals surface area contributed by atoms with Crippen LogP contribution in [0.15, 0.2) is 35.3 Å². The van der Waals surface area contributed by atoms with Crippen LogP contribution in [-0.4, -0.2) is 67.9 Å². The number of aromatic nitrogens is 4. The lowest BCUT2D eigenvalue weighted by Crippen LogP contribution is -2.41. The Kier molecular flexibility index (Phi) is 22.4. The van der Waals surface area contributed by atoms with Gasteiger partial charge in [-0.1, -0.05) is 48.0 Å². The van der Waals surface area contributed by atoms with Crippen molar-refractivity contribution in [3.8, 4) is 0 Å². The number of carbonyl (C=O) groups is 4. The van der Waals surface area contributed by atoms with E-state index in [1.54, 1.807) is 12.1 Å². The number of unbranched alkanes of at least 4 members (excludes halogenated alkanes) is 2. The first-order chi connectivity index (χ1) is 23.2. The minimum atomic E-state index is -1.24. The molecule has 15 nitrogen and oxygen atoms in total. The molecule has 15 heteroatoms. The molecule has 1 atom stereocenters. The van der Waals surface area contributed by atoms with Crippen molar-refractivity contribution in [2.45, 2.75) is 99.6 Å². The highest BCUT2D eigenvalue weighted by Gasteiger charge is 2.21. The number of hydrogen-bond acceptors (Lipinski definition) is 10. The van der Waals surface area contributed by atoms with Crippen LogP contribution < -0.4 is 32.6 Å². The van der Waals surface area contributed by atoms with Crippen molar-refractivity contribution < 1.29 is 24.3 Å². The van der Waals surface area contributed by atoms with E-state index in [4.69, 9.17) is 5.73 Å². The molecule has 3 aromatic rings.